The van der Waals surface area contributed by atoms with E-state index in [-0.39, 0.29) is 18.0 Å². The van der Waals surface area contributed by atoms with Crippen molar-refractivity contribution in [1.82, 2.24) is 19.4 Å². The molecule has 8 heteroatoms. The van der Waals surface area contributed by atoms with Crippen molar-refractivity contribution >= 4 is 28.7 Å². The molecule has 1 aromatic heterocycles. The molecule has 0 bridgehead atoms. The minimum atomic E-state index is -0.715. The van der Waals surface area contributed by atoms with Gasteiger partial charge in [0, 0.05) is 44.2 Å². The van der Waals surface area contributed by atoms with Crippen molar-refractivity contribution in [2.24, 2.45) is 5.92 Å². The number of hydrogen-bond donors (Lipinski definition) is 0. The second kappa shape index (κ2) is 11.5. The third-order valence-electron chi connectivity index (χ3n) is 6.21. The number of rotatable bonds is 9. The Bertz CT molecular complexity index is 1170. The topological polar surface area (TPSA) is 41.4 Å². The summed E-state index contributed by atoms with van der Waals surface area (Å²) in [6.07, 6.45) is 0.919. The van der Waals surface area contributed by atoms with Gasteiger partial charge in [0.1, 0.15) is 17.5 Å². The van der Waals surface area contributed by atoms with E-state index in [1.807, 2.05) is 25.6 Å². The van der Waals surface area contributed by atoms with Crippen molar-refractivity contribution < 1.29 is 13.6 Å². The number of halogens is 2. The van der Waals surface area contributed by atoms with Crippen LogP contribution >= 0.6 is 11.8 Å². The van der Waals surface area contributed by atoms with E-state index in [1.54, 1.807) is 4.90 Å². The first kappa shape index (κ1) is 25.6. The predicted octanol–water partition coefficient (Wildman–Crippen LogP) is 5.57. The van der Waals surface area contributed by atoms with Gasteiger partial charge in [-0.25, -0.2) is 13.8 Å². The lowest BCUT2D eigenvalue weighted by Crippen LogP contribution is -2.35. The number of benzene rings is 2. The maximum Gasteiger partial charge on any atom is 0.257 e. The second-order valence-corrected chi connectivity index (χ2v) is 10.8. The molecule has 0 radical (unpaired) electrons. The van der Waals surface area contributed by atoms with Gasteiger partial charge in [-0.1, -0.05) is 26.8 Å². The monoisotopic (exact) mass is 500 g/mol. The third-order valence-corrected chi connectivity index (χ3v) is 7.16. The number of hydrogen-bond acceptors (Lipinski definition) is 4. The third kappa shape index (κ3) is 6.22. The highest BCUT2D eigenvalue weighted by Crippen LogP contribution is 2.23. The predicted molar refractivity (Wildman–Crippen MR) is 139 cm³/mol. The Morgan fingerprint density at radius 1 is 1.14 bits per heavy atom. The molecule has 0 atom stereocenters. The van der Waals surface area contributed by atoms with Crippen LogP contribution in [0.25, 0.3) is 11.0 Å². The van der Waals surface area contributed by atoms with E-state index in [0.29, 0.717) is 6.54 Å². The molecular formula is C27H34F2N4OS. The van der Waals surface area contributed by atoms with Crippen molar-refractivity contribution in [3.05, 3.63) is 65.0 Å². The van der Waals surface area contributed by atoms with Crippen LogP contribution in [0.3, 0.4) is 0 Å². The molecule has 35 heavy (non-hydrogen) atoms. The SMILES string of the molecule is CCCn1c(CN(CC(C)C)C(=O)c2cc(F)ccc2F)nc2cc(CN3CCSCC3)ccc21. The van der Waals surface area contributed by atoms with E-state index in [4.69, 9.17) is 4.98 Å². The number of imidazole rings is 1. The van der Waals surface area contributed by atoms with Gasteiger partial charge in [-0.2, -0.15) is 11.8 Å². The molecule has 5 nitrogen and oxygen atoms in total. The van der Waals surface area contributed by atoms with Crippen LogP contribution in [0, 0.1) is 17.6 Å². The first-order valence-electron chi connectivity index (χ1n) is 12.4. The van der Waals surface area contributed by atoms with E-state index in [1.165, 1.54) is 17.1 Å². The molecule has 0 spiro atoms. The minimum Gasteiger partial charge on any atom is -0.331 e. The highest BCUT2D eigenvalue weighted by molar-refractivity contribution is 7.99. The summed E-state index contributed by atoms with van der Waals surface area (Å²) < 4.78 is 30.4. The van der Waals surface area contributed by atoms with E-state index in [9.17, 15) is 13.6 Å². The average Bonchev–Trinajstić information content (AvgIpc) is 3.16. The van der Waals surface area contributed by atoms with Crippen LogP contribution in [0.5, 0.6) is 0 Å². The van der Waals surface area contributed by atoms with Gasteiger partial charge in [-0.3, -0.25) is 9.69 Å². The molecule has 4 rings (SSSR count). The van der Waals surface area contributed by atoms with Crippen LogP contribution in [0.4, 0.5) is 8.78 Å². The smallest absolute Gasteiger partial charge is 0.257 e. The number of carbonyl (C=O) groups excluding carboxylic acids is 1. The largest absolute Gasteiger partial charge is 0.331 e. The lowest BCUT2D eigenvalue weighted by atomic mass is 10.1. The zero-order valence-corrected chi connectivity index (χ0v) is 21.6. The molecule has 3 aromatic rings. The van der Waals surface area contributed by atoms with Gasteiger partial charge in [-0.15, -0.1) is 0 Å². The molecule has 2 aromatic carbocycles. The fraction of sp³-hybridized carbons (Fsp3) is 0.481. The Balaban J connectivity index is 1.65. The first-order chi connectivity index (χ1) is 16.9. The van der Waals surface area contributed by atoms with Crippen LogP contribution in [0.2, 0.25) is 0 Å². The van der Waals surface area contributed by atoms with Gasteiger partial charge in [-0.05, 0) is 48.2 Å². The van der Waals surface area contributed by atoms with Gasteiger partial charge >= 0.3 is 0 Å². The quantitative estimate of drug-likeness (QED) is 0.385. The molecule has 2 heterocycles. The van der Waals surface area contributed by atoms with E-state index in [0.717, 1.165) is 67.7 Å². The number of thioether (sulfide) groups is 1. The van der Waals surface area contributed by atoms with Crippen molar-refractivity contribution in [3.8, 4) is 0 Å². The lowest BCUT2D eigenvalue weighted by Gasteiger charge is -2.26. The fourth-order valence-corrected chi connectivity index (χ4v) is 5.58. The highest BCUT2D eigenvalue weighted by Gasteiger charge is 2.24. The number of nitrogens with zero attached hydrogens (tertiary/aromatic N) is 4. The zero-order valence-electron chi connectivity index (χ0n) is 20.8. The maximum atomic E-state index is 14.4. The van der Waals surface area contributed by atoms with Crippen molar-refractivity contribution in [2.75, 3.05) is 31.1 Å². The molecule has 188 valence electrons. The Kier molecular flexibility index (Phi) is 8.44. The second-order valence-electron chi connectivity index (χ2n) is 9.59. The molecule has 0 N–H and O–H groups in total. The molecule has 1 saturated heterocycles. The summed E-state index contributed by atoms with van der Waals surface area (Å²) in [6, 6.07) is 9.45. The van der Waals surface area contributed by atoms with Crippen LogP contribution in [-0.2, 0) is 19.6 Å². The van der Waals surface area contributed by atoms with Crippen LogP contribution < -0.4 is 0 Å². The molecule has 1 amide bonds. The van der Waals surface area contributed by atoms with Crippen molar-refractivity contribution in [2.45, 2.75) is 46.8 Å². The lowest BCUT2D eigenvalue weighted by molar-refractivity contribution is 0.0711. The molecule has 1 fully saturated rings. The number of aromatic nitrogens is 2. The number of carbonyl (C=O) groups is 1. The van der Waals surface area contributed by atoms with Crippen LogP contribution in [0.15, 0.2) is 36.4 Å². The summed E-state index contributed by atoms with van der Waals surface area (Å²) in [4.78, 5) is 22.3. The van der Waals surface area contributed by atoms with E-state index in [2.05, 4.69) is 34.6 Å². The summed E-state index contributed by atoms with van der Waals surface area (Å²) in [5, 5.41) is 0. The Morgan fingerprint density at radius 2 is 1.91 bits per heavy atom. The molecule has 0 saturated carbocycles. The number of amides is 1. The Labute approximate surface area is 210 Å². The molecular weight excluding hydrogens is 466 g/mol. The summed E-state index contributed by atoms with van der Waals surface area (Å²) in [5.41, 5.74) is 2.93. The van der Waals surface area contributed by atoms with Gasteiger partial charge in [0.2, 0.25) is 0 Å². The van der Waals surface area contributed by atoms with Crippen LogP contribution in [-0.4, -0.2) is 56.4 Å². The van der Waals surface area contributed by atoms with Gasteiger partial charge in [0.15, 0.2) is 0 Å². The molecule has 0 aliphatic carbocycles. The van der Waals surface area contributed by atoms with E-state index < -0.39 is 17.5 Å². The summed E-state index contributed by atoms with van der Waals surface area (Å²) >= 11 is 2.00. The average molecular weight is 501 g/mol. The molecule has 0 unspecified atom stereocenters. The zero-order chi connectivity index (χ0) is 24.9. The minimum absolute atomic E-state index is 0.161. The normalized spacial score (nSPS) is 14.7. The first-order valence-corrected chi connectivity index (χ1v) is 13.5. The standard InChI is InChI=1S/C27H34F2N4OS/c1-4-9-33-25-8-5-20(17-31-10-12-35-13-11-31)14-24(25)30-26(33)18-32(16-19(2)3)27(34)22-15-21(28)6-7-23(22)29/h5-8,14-15,19H,4,9-13,16-18H2,1-3H3. The Morgan fingerprint density at radius 3 is 2.63 bits per heavy atom. The molecule has 1 aliphatic heterocycles. The highest BCUT2D eigenvalue weighted by atomic mass is 32.2. The summed E-state index contributed by atoms with van der Waals surface area (Å²) in [7, 11) is 0. The van der Waals surface area contributed by atoms with Crippen molar-refractivity contribution in [3.63, 3.8) is 0 Å². The van der Waals surface area contributed by atoms with Gasteiger partial charge in [0.05, 0.1) is 23.1 Å². The maximum absolute atomic E-state index is 14.4. The van der Waals surface area contributed by atoms with Crippen LogP contribution in [0.1, 0.15) is 48.9 Å². The van der Waals surface area contributed by atoms with Gasteiger partial charge < -0.3 is 9.47 Å². The van der Waals surface area contributed by atoms with Crippen molar-refractivity contribution in [1.29, 1.82) is 0 Å². The van der Waals surface area contributed by atoms with E-state index >= 15 is 0 Å². The summed E-state index contributed by atoms with van der Waals surface area (Å²) in [6.45, 7) is 10.6. The number of aryl methyl sites for hydroxylation is 1. The Hall–Kier alpha value is -2.45. The fourth-order valence-electron chi connectivity index (χ4n) is 4.60. The number of fused-ring (bicyclic) bond motifs is 1. The summed E-state index contributed by atoms with van der Waals surface area (Å²) in [5.74, 6) is 1.40. The molecule has 1 aliphatic rings. The van der Waals surface area contributed by atoms with Gasteiger partial charge in [0.25, 0.3) is 5.91 Å².